The number of halogens is 2. The van der Waals surface area contributed by atoms with E-state index in [1.165, 1.54) is 12.1 Å². The van der Waals surface area contributed by atoms with Crippen LogP contribution in [-0.4, -0.2) is 13.2 Å². The second kappa shape index (κ2) is 3.40. The number of benzene rings is 1. The molecular weight excluding hydrogens is 178 g/mol. The fourth-order valence-corrected chi connectivity index (χ4v) is 1.24. The molecule has 0 amide bonds. The molecule has 0 aromatic heterocycles. The van der Waals surface area contributed by atoms with Crippen molar-refractivity contribution in [2.45, 2.75) is 6.29 Å². The molecule has 70 valence electrons. The van der Waals surface area contributed by atoms with Gasteiger partial charge in [0.2, 0.25) is 0 Å². The van der Waals surface area contributed by atoms with Crippen LogP contribution in [0.3, 0.4) is 0 Å². The van der Waals surface area contributed by atoms with E-state index in [1.807, 2.05) is 0 Å². The summed E-state index contributed by atoms with van der Waals surface area (Å²) in [6, 6.07) is 3.95. The lowest BCUT2D eigenvalue weighted by molar-refractivity contribution is -0.0468. The summed E-state index contributed by atoms with van der Waals surface area (Å²) in [5.74, 6) is -1.77. The Hall–Kier alpha value is -1.00. The zero-order chi connectivity index (χ0) is 9.26. The van der Waals surface area contributed by atoms with E-state index in [9.17, 15) is 8.78 Å². The van der Waals surface area contributed by atoms with E-state index in [1.54, 1.807) is 0 Å². The van der Waals surface area contributed by atoms with Gasteiger partial charge in [-0.05, 0) is 6.07 Å². The Morgan fingerprint density at radius 1 is 1.15 bits per heavy atom. The molecule has 0 radical (unpaired) electrons. The normalized spacial score (nSPS) is 18.0. The third-order valence-electron chi connectivity index (χ3n) is 1.86. The Bertz CT molecular complexity index is 308. The van der Waals surface area contributed by atoms with E-state index in [-0.39, 0.29) is 5.56 Å². The lowest BCUT2D eigenvalue weighted by Crippen LogP contribution is -2.02. The van der Waals surface area contributed by atoms with Crippen LogP contribution >= 0.6 is 0 Å². The van der Waals surface area contributed by atoms with Crippen LogP contribution in [0.15, 0.2) is 18.2 Å². The first kappa shape index (κ1) is 8.59. The topological polar surface area (TPSA) is 18.5 Å². The summed E-state index contributed by atoms with van der Waals surface area (Å²) in [4.78, 5) is 0. The molecule has 0 saturated carbocycles. The van der Waals surface area contributed by atoms with Crippen molar-refractivity contribution in [3.63, 3.8) is 0 Å². The summed E-state index contributed by atoms with van der Waals surface area (Å²) in [5, 5.41) is 0. The first-order valence-electron chi connectivity index (χ1n) is 3.96. The van der Waals surface area contributed by atoms with Gasteiger partial charge in [-0.2, -0.15) is 0 Å². The first-order chi connectivity index (χ1) is 6.29. The van der Waals surface area contributed by atoms with E-state index < -0.39 is 17.9 Å². The average Bonchev–Trinajstić information content (AvgIpc) is 2.62. The van der Waals surface area contributed by atoms with Crippen molar-refractivity contribution in [3.05, 3.63) is 35.4 Å². The Morgan fingerprint density at radius 3 is 2.54 bits per heavy atom. The van der Waals surface area contributed by atoms with Gasteiger partial charge in [0.05, 0.1) is 13.2 Å². The Balaban J connectivity index is 2.33. The predicted molar refractivity (Wildman–Crippen MR) is 41.0 cm³/mol. The number of hydrogen-bond acceptors (Lipinski definition) is 2. The molecule has 0 bridgehead atoms. The van der Waals surface area contributed by atoms with Crippen molar-refractivity contribution < 1.29 is 18.3 Å². The number of hydrogen-bond donors (Lipinski definition) is 0. The number of rotatable bonds is 1. The maximum absolute atomic E-state index is 13.1. The summed E-state index contributed by atoms with van der Waals surface area (Å²) in [7, 11) is 0. The summed E-state index contributed by atoms with van der Waals surface area (Å²) in [6.45, 7) is 0.835. The molecule has 0 spiro atoms. The molecular formula is C9H8F2O2. The largest absolute Gasteiger partial charge is 0.346 e. The van der Waals surface area contributed by atoms with Crippen molar-refractivity contribution >= 4 is 0 Å². The molecule has 1 fully saturated rings. The van der Waals surface area contributed by atoms with Crippen LogP contribution in [-0.2, 0) is 9.47 Å². The Kier molecular flexibility index (Phi) is 2.24. The van der Waals surface area contributed by atoms with Gasteiger partial charge < -0.3 is 9.47 Å². The highest BCUT2D eigenvalue weighted by Crippen LogP contribution is 2.26. The summed E-state index contributed by atoms with van der Waals surface area (Å²) in [6.07, 6.45) is -0.754. The second-order valence-corrected chi connectivity index (χ2v) is 2.72. The van der Waals surface area contributed by atoms with Crippen molar-refractivity contribution in [2.75, 3.05) is 13.2 Å². The molecule has 0 atom stereocenters. The van der Waals surface area contributed by atoms with Gasteiger partial charge in [0, 0.05) is 5.56 Å². The lowest BCUT2D eigenvalue weighted by Gasteiger charge is -2.09. The van der Waals surface area contributed by atoms with Crippen LogP contribution in [0, 0.1) is 11.6 Å². The van der Waals surface area contributed by atoms with Crippen molar-refractivity contribution in [3.8, 4) is 0 Å². The zero-order valence-corrected chi connectivity index (χ0v) is 6.80. The fraction of sp³-hybridized carbons (Fsp3) is 0.333. The highest BCUT2D eigenvalue weighted by atomic mass is 19.2. The van der Waals surface area contributed by atoms with Crippen LogP contribution in [0.5, 0.6) is 0 Å². The highest BCUT2D eigenvalue weighted by Gasteiger charge is 2.22. The lowest BCUT2D eigenvalue weighted by atomic mass is 10.2. The van der Waals surface area contributed by atoms with E-state index >= 15 is 0 Å². The third-order valence-corrected chi connectivity index (χ3v) is 1.86. The fourth-order valence-electron chi connectivity index (χ4n) is 1.24. The maximum Gasteiger partial charge on any atom is 0.186 e. The van der Waals surface area contributed by atoms with Crippen LogP contribution in [0.4, 0.5) is 8.78 Å². The molecule has 2 rings (SSSR count). The molecule has 0 N–H and O–H groups in total. The van der Waals surface area contributed by atoms with Gasteiger partial charge >= 0.3 is 0 Å². The van der Waals surface area contributed by atoms with Gasteiger partial charge in [-0.25, -0.2) is 8.78 Å². The standard InChI is InChI=1S/C9H8F2O2/c10-7-3-1-2-6(8(7)11)9-12-4-5-13-9/h1-3,9H,4-5H2. The highest BCUT2D eigenvalue weighted by molar-refractivity contribution is 5.20. The van der Waals surface area contributed by atoms with E-state index in [0.29, 0.717) is 13.2 Å². The predicted octanol–water partition coefficient (Wildman–Crippen LogP) is 2.01. The summed E-state index contributed by atoms with van der Waals surface area (Å²) in [5.41, 5.74) is 0.123. The van der Waals surface area contributed by atoms with Gasteiger partial charge in [0.15, 0.2) is 17.9 Å². The molecule has 13 heavy (non-hydrogen) atoms. The molecule has 1 aromatic carbocycles. The van der Waals surface area contributed by atoms with Gasteiger partial charge in [0.1, 0.15) is 0 Å². The van der Waals surface area contributed by atoms with Crippen LogP contribution < -0.4 is 0 Å². The van der Waals surface area contributed by atoms with E-state index in [0.717, 1.165) is 6.07 Å². The van der Waals surface area contributed by atoms with Crippen molar-refractivity contribution in [1.82, 2.24) is 0 Å². The van der Waals surface area contributed by atoms with Crippen LogP contribution in [0.1, 0.15) is 11.9 Å². The van der Waals surface area contributed by atoms with Crippen molar-refractivity contribution in [2.24, 2.45) is 0 Å². The SMILES string of the molecule is Fc1cccc(C2OCCO2)c1F. The second-order valence-electron chi connectivity index (χ2n) is 2.72. The smallest absolute Gasteiger partial charge is 0.186 e. The monoisotopic (exact) mass is 186 g/mol. The maximum atomic E-state index is 13.1. The van der Waals surface area contributed by atoms with Crippen LogP contribution in [0.25, 0.3) is 0 Å². The molecule has 1 heterocycles. The molecule has 2 nitrogen and oxygen atoms in total. The quantitative estimate of drug-likeness (QED) is 0.667. The first-order valence-corrected chi connectivity index (χ1v) is 3.96. The molecule has 1 aromatic rings. The summed E-state index contributed by atoms with van der Waals surface area (Å²) < 4.78 is 36.0. The summed E-state index contributed by atoms with van der Waals surface area (Å²) >= 11 is 0. The van der Waals surface area contributed by atoms with E-state index in [4.69, 9.17) is 9.47 Å². The van der Waals surface area contributed by atoms with Crippen LogP contribution in [0.2, 0.25) is 0 Å². The minimum absolute atomic E-state index is 0.123. The molecule has 4 heteroatoms. The minimum Gasteiger partial charge on any atom is -0.346 e. The van der Waals surface area contributed by atoms with Gasteiger partial charge in [-0.1, -0.05) is 12.1 Å². The number of ether oxygens (including phenoxy) is 2. The van der Waals surface area contributed by atoms with Gasteiger partial charge in [0.25, 0.3) is 0 Å². The van der Waals surface area contributed by atoms with E-state index in [2.05, 4.69) is 0 Å². The molecule has 0 aliphatic carbocycles. The molecule has 1 aliphatic rings. The Labute approximate surface area is 74.1 Å². The zero-order valence-electron chi connectivity index (χ0n) is 6.80. The molecule has 1 saturated heterocycles. The van der Waals surface area contributed by atoms with Gasteiger partial charge in [-0.3, -0.25) is 0 Å². The van der Waals surface area contributed by atoms with Gasteiger partial charge in [-0.15, -0.1) is 0 Å². The molecule has 1 aliphatic heterocycles. The minimum atomic E-state index is -0.894. The van der Waals surface area contributed by atoms with Crippen molar-refractivity contribution in [1.29, 1.82) is 0 Å². The Morgan fingerprint density at radius 2 is 1.85 bits per heavy atom. The molecule has 0 unspecified atom stereocenters. The average molecular weight is 186 g/mol. The third kappa shape index (κ3) is 1.55.